The predicted octanol–water partition coefficient (Wildman–Crippen LogP) is 5.03. The maximum absolute atomic E-state index is 13.8. The molecule has 35 heavy (non-hydrogen) atoms. The smallest absolute Gasteiger partial charge is 0.396 e. The van der Waals surface area contributed by atoms with Crippen molar-refractivity contribution in [3.8, 4) is 0 Å². The van der Waals surface area contributed by atoms with Gasteiger partial charge in [-0.1, -0.05) is 6.92 Å². The molecule has 0 heterocycles. The lowest BCUT2D eigenvalue weighted by molar-refractivity contribution is -0.458. The first kappa shape index (κ1) is 33.7. The van der Waals surface area contributed by atoms with Crippen LogP contribution in [-0.4, -0.2) is 73.1 Å². The van der Waals surface area contributed by atoms with Crippen LogP contribution in [0, 0.1) is 0 Å². The summed E-state index contributed by atoms with van der Waals surface area (Å²) in [5.41, 5.74) is 0. The van der Waals surface area contributed by atoms with Crippen LogP contribution in [0.25, 0.3) is 0 Å². The van der Waals surface area contributed by atoms with Crippen LogP contribution in [0.3, 0.4) is 0 Å². The van der Waals surface area contributed by atoms with E-state index in [0.29, 0.717) is 4.72 Å². The maximum atomic E-state index is 13.8. The topological polar surface area (TPSA) is 66.4 Å². The fourth-order valence-corrected chi connectivity index (χ4v) is 3.45. The monoisotopic (exact) mass is 585 g/mol. The molecule has 0 rings (SSSR count). The minimum Gasteiger partial charge on any atom is -0.396 e. The molecule has 0 aromatic carbocycles. The number of aliphatic hydroxyl groups excluding tert-OH is 1. The first-order valence-electron chi connectivity index (χ1n) is 8.33. The third-order valence-corrected chi connectivity index (χ3v) is 5.90. The summed E-state index contributed by atoms with van der Waals surface area (Å²) in [7, 11) is -7.35. The Labute approximate surface area is 183 Å². The zero-order valence-electron chi connectivity index (χ0n) is 16.3. The molecule has 1 atom stereocenters. The normalized spacial score (nSPS) is 17.0. The minimum atomic E-state index is -8.87. The Balaban J connectivity index is 6.85. The van der Waals surface area contributed by atoms with E-state index in [9.17, 15) is 83.1 Å². The number of hydrogen-bond acceptors (Lipinski definition) is 3. The Kier molecular flexibility index (Phi) is 8.86. The van der Waals surface area contributed by atoms with E-state index in [1.54, 1.807) is 0 Å². The van der Waals surface area contributed by atoms with Crippen LogP contribution < -0.4 is 4.72 Å². The highest BCUT2D eigenvalue weighted by Gasteiger charge is 2.96. The maximum Gasteiger partial charge on any atom is 0.460 e. The standard InChI is InChI=1S/C13H12F17NO3S/c1-2-5(3-4-32)31-35(33,34)13(29,30)11(24,25)9(20,21)7(16,17)6(14,15)8(18,19)10(22,23)12(26,27)28/h5,31-32H,2-4H2,1H3. The zero-order chi connectivity index (χ0) is 28.9. The van der Waals surface area contributed by atoms with Crippen molar-refractivity contribution in [1.82, 2.24) is 4.72 Å². The van der Waals surface area contributed by atoms with Crippen molar-refractivity contribution in [1.29, 1.82) is 0 Å². The van der Waals surface area contributed by atoms with Crippen molar-refractivity contribution in [3.63, 3.8) is 0 Å². The minimum absolute atomic E-state index is 0.527. The van der Waals surface area contributed by atoms with Gasteiger partial charge in [-0.15, -0.1) is 0 Å². The quantitative estimate of drug-likeness (QED) is 0.316. The fourth-order valence-electron chi connectivity index (χ4n) is 2.11. The molecular formula is C13H12F17NO3S. The second-order valence-corrected chi connectivity index (χ2v) is 8.45. The zero-order valence-corrected chi connectivity index (χ0v) is 17.1. The average Bonchev–Trinajstić information content (AvgIpc) is 2.65. The Morgan fingerprint density at radius 1 is 0.629 bits per heavy atom. The van der Waals surface area contributed by atoms with E-state index < -0.39 is 82.5 Å². The van der Waals surface area contributed by atoms with Crippen molar-refractivity contribution in [3.05, 3.63) is 0 Å². The SMILES string of the molecule is CCC(CCO)NS(=O)(=O)C(F)(F)C(F)(F)C(F)(F)C(F)(F)C(F)(F)C(F)(F)C(F)(F)C(F)(F)F. The van der Waals surface area contributed by atoms with Gasteiger partial charge in [0.05, 0.1) is 0 Å². The van der Waals surface area contributed by atoms with Crippen LogP contribution >= 0.6 is 0 Å². The summed E-state index contributed by atoms with van der Waals surface area (Å²) >= 11 is 0. The fraction of sp³-hybridized carbons (Fsp3) is 1.00. The highest BCUT2D eigenvalue weighted by atomic mass is 32.2. The molecule has 0 spiro atoms. The van der Waals surface area contributed by atoms with E-state index in [-0.39, 0.29) is 0 Å². The lowest BCUT2D eigenvalue weighted by Crippen LogP contribution is -2.75. The summed E-state index contributed by atoms with van der Waals surface area (Å²) in [6.07, 6.45) is -9.46. The Morgan fingerprint density at radius 2 is 0.943 bits per heavy atom. The van der Waals surface area contributed by atoms with Crippen molar-refractivity contribution < 1.29 is 88.2 Å². The number of aliphatic hydroxyl groups is 1. The molecule has 0 saturated carbocycles. The number of nitrogens with one attached hydrogen (secondary N) is 1. The first-order valence-corrected chi connectivity index (χ1v) is 9.82. The van der Waals surface area contributed by atoms with Gasteiger partial charge < -0.3 is 5.11 Å². The number of alkyl halides is 17. The molecule has 0 saturated heterocycles. The second kappa shape index (κ2) is 9.21. The molecule has 0 aliphatic carbocycles. The molecule has 0 fully saturated rings. The van der Waals surface area contributed by atoms with Gasteiger partial charge in [0.25, 0.3) is 10.0 Å². The second-order valence-electron chi connectivity index (χ2n) is 6.70. The summed E-state index contributed by atoms with van der Waals surface area (Å²) in [6.45, 7) is -0.169. The Bertz CT molecular complexity index is 852. The van der Waals surface area contributed by atoms with E-state index in [1.165, 1.54) is 0 Å². The van der Waals surface area contributed by atoms with E-state index in [2.05, 4.69) is 0 Å². The molecule has 0 aliphatic heterocycles. The Morgan fingerprint density at radius 3 is 1.23 bits per heavy atom. The molecule has 0 aliphatic rings. The van der Waals surface area contributed by atoms with Gasteiger partial charge in [-0.2, -0.15) is 74.6 Å². The molecule has 1 unspecified atom stereocenters. The molecule has 0 aromatic rings. The van der Waals surface area contributed by atoms with Gasteiger partial charge >= 0.3 is 47.0 Å². The third kappa shape index (κ3) is 4.73. The first-order chi connectivity index (χ1) is 15.0. The molecule has 0 aromatic heterocycles. The van der Waals surface area contributed by atoms with E-state index in [1.807, 2.05) is 0 Å². The van der Waals surface area contributed by atoms with Gasteiger partial charge in [-0.25, -0.2) is 13.1 Å². The molecule has 0 amide bonds. The lowest BCUT2D eigenvalue weighted by atomic mass is 9.91. The van der Waals surface area contributed by atoms with Crippen LogP contribution in [0.5, 0.6) is 0 Å². The molecule has 212 valence electrons. The Hall–Kier alpha value is -1.32. The summed E-state index contributed by atoms with van der Waals surface area (Å²) in [6, 6.07) is -2.00. The summed E-state index contributed by atoms with van der Waals surface area (Å²) in [5, 5.41) is 0.963. The highest BCUT2D eigenvalue weighted by Crippen LogP contribution is 2.64. The molecule has 2 N–H and O–H groups in total. The van der Waals surface area contributed by atoms with Crippen molar-refractivity contribution >= 4 is 10.0 Å². The van der Waals surface area contributed by atoms with Crippen molar-refractivity contribution in [2.45, 2.75) is 72.8 Å². The van der Waals surface area contributed by atoms with Crippen LogP contribution in [-0.2, 0) is 10.0 Å². The predicted molar refractivity (Wildman–Crippen MR) is 78.5 cm³/mol. The van der Waals surface area contributed by atoms with Gasteiger partial charge in [-0.05, 0) is 12.8 Å². The third-order valence-electron chi connectivity index (χ3n) is 4.32. The molecule has 4 nitrogen and oxygen atoms in total. The van der Waals surface area contributed by atoms with Gasteiger partial charge in [-0.3, -0.25) is 0 Å². The summed E-state index contributed by atoms with van der Waals surface area (Å²) in [5.74, 6) is -51.8. The van der Waals surface area contributed by atoms with Crippen molar-refractivity contribution in [2.24, 2.45) is 0 Å². The lowest BCUT2D eigenvalue weighted by Gasteiger charge is -2.42. The molecule has 0 bridgehead atoms. The summed E-state index contributed by atoms with van der Waals surface area (Å²) in [4.78, 5) is 0. The number of rotatable bonds is 12. The van der Waals surface area contributed by atoms with E-state index in [4.69, 9.17) is 5.11 Å². The van der Waals surface area contributed by atoms with Crippen LogP contribution in [0.15, 0.2) is 0 Å². The van der Waals surface area contributed by atoms with Gasteiger partial charge in [0.15, 0.2) is 0 Å². The number of sulfonamides is 1. The average molecular weight is 585 g/mol. The summed E-state index contributed by atoms with van der Waals surface area (Å²) < 4.78 is 247. The number of halogens is 17. The molecule has 0 radical (unpaired) electrons. The van der Waals surface area contributed by atoms with E-state index in [0.717, 1.165) is 6.92 Å². The molecular weight excluding hydrogens is 573 g/mol. The van der Waals surface area contributed by atoms with Crippen molar-refractivity contribution in [2.75, 3.05) is 6.61 Å². The highest BCUT2D eigenvalue weighted by molar-refractivity contribution is 7.90. The van der Waals surface area contributed by atoms with Gasteiger partial charge in [0.1, 0.15) is 0 Å². The van der Waals surface area contributed by atoms with E-state index >= 15 is 0 Å². The van der Waals surface area contributed by atoms with Gasteiger partial charge in [0, 0.05) is 12.6 Å². The van der Waals surface area contributed by atoms with Gasteiger partial charge in [0.2, 0.25) is 0 Å². The number of hydrogen-bond donors (Lipinski definition) is 2. The largest absolute Gasteiger partial charge is 0.460 e. The molecule has 22 heteroatoms. The van der Waals surface area contributed by atoms with Crippen LogP contribution in [0.1, 0.15) is 19.8 Å². The van der Waals surface area contributed by atoms with Crippen LogP contribution in [0.2, 0.25) is 0 Å². The van der Waals surface area contributed by atoms with Crippen LogP contribution in [0.4, 0.5) is 74.6 Å².